The highest BCUT2D eigenvalue weighted by Crippen LogP contribution is 2.41. The molecular weight excluding hydrogens is 523 g/mol. The van der Waals surface area contributed by atoms with Crippen molar-refractivity contribution in [3.8, 4) is 11.4 Å². The van der Waals surface area contributed by atoms with Gasteiger partial charge in [0.2, 0.25) is 6.54 Å². The third-order valence-electron chi connectivity index (χ3n) is 5.03. The molecule has 0 spiro atoms. The summed E-state index contributed by atoms with van der Waals surface area (Å²) in [6.07, 6.45) is 0. The van der Waals surface area contributed by atoms with Crippen LogP contribution in [0.5, 0.6) is 5.75 Å². The van der Waals surface area contributed by atoms with Gasteiger partial charge in [-0.25, -0.2) is 4.39 Å². The number of ether oxygens (including phenoxy) is 1. The van der Waals surface area contributed by atoms with Gasteiger partial charge >= 0.3 is 0 Å². The van der Waals surface area contributed by atoms with E-state index < -0.39 is 5.25 Å². The van der Waals surface area contributed by atoms with E-state index in [-0.39, 0.29) is 23.9 Å². The number of aromatic nitrogens is 3. The quantitative estimate of drug-likeness (QED) is 0.143. The van der Waals surface area contributed by atoms with Gasteiger partial charge in [0.1, 0.15) is 29.2 Å². The zero-order chi connectivity index (χ0) is 24.1. The maximum absolute atomic E-state index is 14.1. The molecule has 1 atom stereocenters. The maximum Gasteiger partial charge on any atom is 0.220 e. The van der Waals surface area contributed by atoms with Crippen LogP contribution in [-0.4, -0.2) is 26.2 Å². The number of halogens is 2. The monoisotopic (exact) mass is 542 g/mol. The highest BCUT2D eigenvalue weighted by Gasteiger charge is 2.27. The number of nitro groups is 1. The average molecular weight is 543 g/mol. The lowest BCUT2D eigenvalue weighted by Crippen LogP contribution is -2.13. The van der Waals surface area contributed by atoms with Crippen LogP contribution >= 0.6 is 27.7 Å². The van der Waals surface area contributed by atoms with Crippen molar-refractivity contribution in [3.63, 3.8) is 0 Å². The van der Waals surface area contributed by atoms with Gasteiger partial charge in [-0.15, -0.1) is 10.2 Å². The minimum Gasteiger partial charge on any atom is -0.488 e. The summed E-state index contributed by atoms with van der Waals surface area (Å²) in [4.78, 5) is 11.2. The first kappa shape index (κ1) is 23.9. The fourth-order valence-corrected chi connectivity index (χ4v) is 5.00. The predicted molar refractivity (Wildman–Crippen MR) is 131 cm³/mol. The van der Waals surface area contributed by atoms with E-state index in [2.05, 4.69) is 26.1 Å². The Balaban J connectivity index is 1.68. The van der Waals surface area contributed by atoms with Gasteiger partial charge in [0.05, 0.1) is 0 Å². The first-order valence-corrected chi connectivity index (χ1v) is 12.0. The first-order valence-electron chi connectivity index (χ1n) is 10.3. The maximum atomic E-state index is 14.1. The van der Waals surface area contributed by atoms with Crippen molar-refractivity contribution in [2.75, 3.05) is 6.54 Å². The van der Waals surface area contributed by atoms with Gasteiger partial charge < -0.3 is 4.74 Å². The molecule has 0 radical (unpaired) electrons. The summed E-state index contributed by atoms with van der Waals surface area (Å²) in [5.41, 5.74) is 1.86. The van der Waals surface area contributed by atoms with Crippen molar-refractivity contribution in [2.45, 2.75) is 23.9 Å². The van der Waals surface area contributed by atoms with Crippen molar-refractivity contribution in [3.05, 3.63) is 110 Å². The third kappa shape index (κ3) is 5.63. The van der Waals surface area contributed by atoms with Crippen LogP contribution in [0.25, 0.3) is 5.69 Å². The molecule has 0 amide bonds. The Morgan fingerprint density at radius 3 is 2.59 bits per heavy atom. The van der Waals surface area contributed by atoms with Crippen LogP contribution in [0.3, 0.4) is 0 Å². The van der Waals surface area contributed by atoms with Crippen molar-refractivity contribution >= 4 is 27.7 Å². The second-order valence-corrected chi connectivity index (χ2v) is 9.47. The number of benzene rings is 3. The largest absolute Gasteiger partial charge is 0.488 e. The average Bonchev–Trinajstić information content (AvgIpc) is 3.18. The molecule has 0 aliphatic heterocycles. The second kappa shape index (κ2) is 10.8. The standard InChI is InChI=1S/C24H20BrFN4O3S/c1-16-27-28-24(30(16)19-8-3-2-4-9-19)34-23(14-29(31)32)20-13-18(25)11-12-22(20)33-15-17-7-5-6-10-21(17)26/h2-13,23H,14-15H2,1H3/t23-/m0/s1. The van der Waals surface area contributed by atoms with Crippen LogP contribution in [0.4, 0.5) is 4.39 Å². The van der Waals surface area contributed by atoms with Gasteiger partial charge in [-0.3, -0.25) is 14.7 Å². The zero-order valence-corrected chi connectivity index (χ0v) is 20.5. The molecule has 3 aromatic carbocycles. The molecule has 0 bridgehead atoms. The molecule has 0 aliphatic rings. The fourth-order valence-electron chi connectivity index (χ4n) is 3.43. The number of hydrogen-bond donors (Lipinski definition) is 0. The minimum atomic E-state index is -0.630. The van der Waals surface area contributed by atoms with E-state index in [4.69, 9.17) is 4.74 Å². The molecule has 1 aromatic heterocycles. The molecule has 0 N–H and O–H groups in total. The summed E-state index contributed by atoms with van der Waals surface area (Å²) in [7, 11) is 0. The van der Waals surface area contributed by atoms with E-state index in [9.17, 15) is 14.5 Å². The van der Waals surface area contributed by atoms with Gasteiger partial charge in [0.15, 0.2) is 5.16 Å². The molecule has 34 heavy (non-hydrogen) atoms. The number of thioether (sulfide) groups is 1. The molecule has 0 fully saturated rings. The SMILES string of the molecule is Cc1nnc(S[C@@H](C[N+](=O)[O-])c2cc(Br)ccc2OCc2ccccc2F)n1-c1ccccc1. The number of rotatable bonds is 9. The zero-order valence-electron chi connectivity index (χ0n) is 18.1. The molecule has 4 aromatic rings. The summed E-state index contributed by atoms with van der Waals surface area (Å²) < 4.78 is 22.6. The molecule has 0 saturated heterocycles. The Kier molecular flexibility index (Phi) is 7.59. The van der Waals surface area contributed by atoms with E-state index in [0.717, 1.165) is 10.2 Å². The molecule has 7 nitrogen and oxygen atoms in total. The molecule has 174 valence electrons. The lowest BCUT2D eigenvalue weighted by atomic mass is 10.1. The van der Waals surface area contributed by atoms with Crippen LogP contribution in [0, 0.1) is 22.9 Å². The van der Waals surface area contributed by atoms with E-state index in [1.54, 1.807) is 36.4 Å². The lowest BCUT2D eigenvalue weighted by Gasteiger charge is -2.18. The van der Waals surface area contributed by atoms with E-state index in [1.165, 1.54) is 17.8 Å². The summed E-state index contributed by atoms with van der Waals surface area (Å²) in [6, 6.07) is 21.2. The van der Waals surface area contributed by atoms with Gasteiger partial charge in [0.25, 0.3) is 0 Å². The van der Waals surface area contributed by atoms with E-state index in [0.29, 0.717) is 27.9 Å². The summed E-state index contributed by atoms with van der Waals surface area (Å²) in [6.45, 7) is 1.46. The molecule has 0 unspecified atom stereocenters. The highest BCUT2D eigenvalue weighted by atomic mass is 79.9. The van der Waals surface area contributed by atoms with Gasteiger partial charge in [-0.05, 0) is 43.3 Å². The van der Waals surface area contributed by atoms with Gasteiger partial charge in [0, 0.05) is 26.2 Å². The Bertz CT molecular complexity index is 1300. The van der Waals surface area contributed by atoms with Crippen LogP contribution in [0.15, 0.2) is 82.4 Å². The Morgan fingerprint density at radius 1 is 1.12 bits per heavy atom. The van der Waals surface area contributed by atoms with Crippen LogP contribution < -0.4 is 4.74 Å². The van der Waals surface area contributed by atoms with E-state index >= 15 is 0 Å². The summed E-state index contributed by atoms with van der Waals surface area (Å²) in [5, 5.41) is 20.0. The number of hydrogen-bond acceptors (Lipinski definition) is 6. The smallest absolute Gasteiger partial charge is 0.220 e. The molecule has 1 heterocycles. The van der Waals surface area contributed by atoms with Crippen LogP contribution in [0.2, 0.25) is 0 Å². The Morgan fingerprint density at radius 2 is 1.85 bits per heavy atom. The molecule has 0 aliphatic carbocycles. The fraction of sp³-hybridized carbons (Fsp3) is 0.167. The summed E-state index contributed by atoms with van der Waals surface area (Å²) >= 11 is 4.68. The second-order valence-electron chi connectivity index (χ2n) is 7.38. The van der Waals surface area contributed by atoms with Crippen molar-refractivity contribution in [1.29, 1.82) is 0 Å². The Labute approximate surface area is 208 Å². The van der Waals surface area contributed by atoms with Crippen LogP contribution in [0.1, 0.15) is 22.2 Å². The highest BCUT2D eigenvalue weighted by molar-refractivity contribution is 9.10. The first-order chi connectivity index (χ1) is 16.4. The molecule has 0 saturated carbocycles. The summed E-state index contributed by atoms with van der Waals surface area (Å²) in [5.74, 6) is 0.732. The van der Waals surface area contributed by atoms with Crippen molar-refractivity contribution < 1.29 is 14.1 Å². The number of nitrogens with zero attached hydrogens (tertiary/aromatic N) is 4. The lowest BCUT2D eigenvalue weighted by molar-refractivity contribution is -0.479. The van der Waals surface area contributed by atoms with Crippen molar-refractivity contribution in [2.24, 2.45) is 0 Å². The van der Waals surface area contributed by atoms with Gasteiger partial charge in [-0.2, -0.15) is 0 Å². The predicted octanol–water partition coefficient (Wildman–Crippen LogP) is 6.17. The normalized spacial score (nSPS) is 11.9. The number of para-hydroxylation sites is 1. The molecule has 10 heteroatoms. The van der Waals surface area contributed by atoms with Gasteiger partial charge in [-0.1, -0.05) is 64.1 Å². The number of aryl methyl sites for hydroxylation is 1. The van der Waals surface area contributed by atoms with Crippen molar-refractivity contribution in [1.82, 2.24) is 14.8 Å². The van der Waals surface area contributed by atoms with E-state index in [1.807, 2.05) is 41.8 Å². The van der Waals surface area contributed by atoms with Crippen LogP contribution in [-0.2, 0) is 6.61 Å². The molecule has 4 rings (SSSR count). The third-order valence-corrected chi connectivity index (χ3v) is 6.69. The Hall–Kier alpha value is -3.24. The topological polar surface area (TPSA) is 83.1 Å². The molecular formula is C24H20BrFN4O3S. The minimum absolute atomic E-state index is 0.00351.